The van der Waals surface area contributed by atoms with E-state index in [1.807, 2.05) is 0 Å². The second-order valence-electron chi connectivity index (χ2n) is 13.5. The molecule has 7 heteroatoms. The molecule has 39 heavy (non-hydrogen) atoms. The molecule has 0 saturated carbocycles. The number of rotatable bonds is 3. The van der Waals surface area contributed by atoms with Gasteiger partial charge in [0.25, 0.3) is 0 Å². The summed E-state index contributed by atoms with van der Waals surface area (Å²) in [6.07, 6.45) is 2.33. The van der Waals surface area contributed by atoms with E-state index in [-0.39, 0.29) is 0 Å². The zero-order valence-electron chi connectivity index (χ0n) is 24.3. The Bertz CT molecular complexity index is 1530. The number of fused-ring (bicyclic) bond motifs is 4. The highest BCUT2D eigenvalue weighted by Gasteiger charge is 2.53. The number of hydrogen-bond acceptors (Lipinski definition) is 4. The van der Waals surface area contributed by atoms with Crippen LogP contribution in [0.2, 0.25) is 0 Å². The van der Waals surface area contributed by atoms with E-state index in [0.29, 0.717) is 0 Å². The lowest BCUT2D eigenvalue weighted by Gasteiger charge is -2.32. The summed E-state index contributed by atoms with van der Waals surface area (Å²) in [6, 6.07) is 20.1. The molecular formula is C32H37B2NO4. The van der Waals surface area contributed by atoms with Crippen molar-refractivity contribution in [2.45, 2.75) is 90.6 Å². The van der Waals surface area contributed by atoms with Gasteiger partial charge in [-0.05, 0) is 115 Å². The molecule has 3 aliphatic rings. The van der Waals surface area contributed by atoms with Gasteiger partial charge in [-0.3, -0.25) is 0 Å². The van der Waals surface area contributed by atoms with Crippen LogP contribution in [-0.4, -0.2) is 41.2 Å². The molecule has 0 bridgehead atoms. The lowest BCUT2D eigenvalue weighted by molar-refractivity contribution is 0.00578. The highest BCUT2D eigenvalue weighted by Crippen LogP contribution is 2.39. The minimum atomic E-state index is -0.416. The first-order valence-corrected chi connectivity index (χ1v) is 14.2. The van der Waals surface area contributed by atoms with Gasteiger partial charge in [0.15, 0.2) is 0 Å². The molecule has 0 spiro atoms. The fourth-order valence-electron chi connectivity index (χ4n) is 5.91. The van der Waals surface area contributed by atoms with E-state index in [1.54, 1.807) is 0 Å². The van der Waals surface area contributed by atoms with E-state index in [4.69, 9.17) is 18.6 Å². The van der Waals surface area contributed by atoms with Crippen molar-refractivity contribution in [1.29, 1.82) is 0 Å². The van der Waals surface area contributed by atoms with Crippen molar-refractivity contribution in [1.82, 2.24) is 4.57 Å². The van der Waals surface area contributed by atoms with Gasteiger partial charge >= 0.3 is 14.2 Å². The fraction of sp³-hybridized carbons (Fsp3) is 0.438. The van der Waals surface area contributed by atoms with Gasteiger partial charge in [0.1, 0.15) is 0 Å². The molecule has 5 nitrogen and oxygen atoms in total. The topological polar surface area (TPSA) is 41.9 Å². The zero-order chi connectivity index (χ0) is 27.5. The summed E-state index contributed by atoms with van der Waals surface area (Å²) in [5.74, 6) is 0. The molecule has 2 aliphatic heterocycles. The van der Waals surface area contributed by atoms with E-state index < -0.39 is 36.6 Å². The molecule has 0 amide bonds. The Morgan fingerprint density at radius 2 is 0.974 bits per heavy atom. The summed E-state index contributed by atoms with van der Waals surface area (Å²) in [7, 11) is -0.832. The van der Waals surface area contributed by atoms with Crippen LogP contribution in [0.25, 0.3) is 27.5 Å². The average Bonchev–Trinajstić information content (AvgIpc) is 3.36. The van der Waals surface area contributed by atoms with E-state index >= 15 is 0 Å². The van der Waals surface area contributed by atoms with Crippen LogP contribution in [0.4, 0.5) is 0 Å². The minimum Gasteiger partial charge on any atom is -0.399 e. The smallest absolute Gasteiger partial charge is 0.399 e. The molecule has 4 aromatic rings. The third-order valence-corrected chi connectivity index (χ3v) is 9.98. The van der Waals surface area contributed by atoms with Crippen LogP contribution in [0.5, 0.6) is 0 Å². The zero-order valence-corrected chi connectivity index (χ0v) is 24.3. The Kier molecular flexibility index (Phi) is 5.21. The van der Waals surface area contributed by atoms with Gasteiger partial charge in [0, 0.05) is 16.5 Å². The van der Waals surface area contributed by atoms with Crippen molar-refractivity contribution < 1.29 is 18.6 Å². The SMILES string of the molecule is CC1(C)OB(c2ccc3c(c2)c2cc(B4OC(C)(C)C(C)(C)O4)ccc2n3-c2ccc3c(c2)CC3)OC1(C)C. The lowest BCUT2D eigenvalue weighted by Crippen LogP contribution is -2.41. The van der Waals surface area contributed by atoms with Gasteiger partial charge in [-0.15, -0.1) is 0 Å². The molecule has 1 aliphatic carbocycles. The predicted octanol–water partition coefficient (Wildman–Crippen LogP) is 5.48. The highest BCUT2D eigenvalue weighted by atomic mass is 16.7. The van der Waals surface area contributed by atoms with Crippen LogP contribution in [0.3, 0.4) is 0 Å². The van der Waals surface area contributed by atoms with Crippen molar-refractivity contribution in [3.63, 3.8) is 0 Å². The number of aryl methyl sites for hydroxylation is 2. The quantitative estimate of drug-likeness (QED) is 0.335. The molecule has 3 aromatic carbocycles. The van der Waals surface area contributed by atoms with Crippen LogP contribution in [0.15, 0.2) is 54.6 Å². The van der Waals surface area contributed by atoms with E-state index in [2.05, 4.69) is 115 Å². The maximum Gasteiger partial charge on any atom is 0.494 e. The predicted molar refractivity (Wildman–Crippen MR) is 160 cm³/mol. The monoisotopic (exact) mass is 521 g/mol. The van der Waals surface area contributed by atoms with E-state index in [1.165, 1.54) is 34.0 Å². The molecule has 200 valence electrons. The van der Waals surface area contributed by atoms with Crippen LogP contribution >= 0.6 is 0 Å². The van der Waals surface area contributed by atoms with Gasteiger partial charge in [-0.2, -0.15) is 0 Å². The van der Waals surface area contributed by atoms with Gasteiger partial charge < -0.3 is 23.2 Å². The average molecular weight is 521 g/mol. The van der Waals surface area contributed by atoms with Crippen molar-refractivity contribution in [3.05, 3.63) is 65.7 Å². The number of hydrogen-bond donors (Lipinski definition) is 0. The fourth-order valence-corrected chi connectivity index (χ4v) is 5.91. The molecule has 2 saturated heterocycles. The van der Waals surface area contributed by atoms with Gasteiger partial charge in [0.2, 0.25) is 0 Å². The van der Waals surface area contributed by atoms with Crippen molar-refractivity contribution in [3.8, 4) is 5.69 Å². The summed E-state index contributed by atoms with van der Waals surface area (Å²) in [4.78, 5) is 0. The molecule has 2 fully saturated rings. The van der Waals surface area contributed by atoms with Crippen LogP contribution in [-0.2, 0) is 31.5 Å². The van der Waals surface area contributed by atoms with Gasteiger partial charge in [0.05, 0.1) is 33.4 Å². The first-order chi connectivity index (χ1) is 18.3. The summed E-state index contributed by atoms with van der Waals surface area (Å²) in [5, 5.41) is 2.33. The second kappa shape index (κ2) is 8.01. The molecule has 0 radical (unpaired) electrons. The first-order valence-electron chi connectivity index (χ1n) is 14.2. The van der Waals surface area contributed by atoms with Crippen LogP contribution in [0, 0.1) is 0 Å². The summed E-state index contributed by atoms with van der Waals surface area (Å²) < 4.78 is 28.1. The Hall–Kier alpha value is -2.57. The third kappa shape index (κ3) is 3.70. The maximum atomic E-state index is 6.42. The Labute approximate surface area is 232 Å². The van der Waals surface area contributed by atoms with Crippen LogP contribution in [0.1, 0.15) is 66.5 Å². The number of aromatic nitrogens is 1. The van der Waals surface area contributed by atoms with Crippen molar-refractivity contribution in [2.75, 3.05) is 0 Å². The van der Waals surface area contributed by atoms with Crippen molar-refractivity contribution >= 4 is 47.0 Å². The molecule has 0 atom stereocenters. The Morgan fingerprint density at radius 3 is 1.36 bits per heavy atom. The molecule has 7 rings (SSSR count). The van der Waals surface area contributed by atoms with Gasteiger partial charge in [-0.25, -0.2) is 0 Å². The standard InChI is InChI=1S/C32H37B2NO4/c1-29(2)30(3,4)37-33(36-29)22-12-15-27-25(18-22)26-19-23(34-38-31(5,6)32(7,8)39-34)13-16-28(26)35(27)24-14-11-20-9-10-21(20)17-24/h11-19H,9-10H2,1-8H3. The normalized spacial score (nSPS) is 22.5. The lowest BCUT2D eigenvalue weighted by atomic mass is 9.77. The van der Waals surface area contributed by atoms with Crippen molar-refractivity contribution in [2.24, 2.45) is 0 Å². The van der Waals surface area contributed by atoms with Gasteiger partial charge in [-0.1, -0.05) is 30.3 Å². The second-order valence-corrected chi connectivity index (χ2v) is 13.5. The summed E-state index contributed by atoms with van der Waals surface area (Å²) >= 11 is 0. The number of nitrogens with zero attached hydrogens (tertiary/aromatic N) is 1. The number of benzene rings is 3. The molecule has 0 unspecified atom stereocenters. The minimum absolute atomic E-state index is 0.392. The Morgan fingerprint density at radius 1 is 0.538 bits per heavy atom. The summed E-state index contributed by atoms with van der Waals surface area (Å²) in [6.45, 7) is 16.8. The van der Waals surface area contributed by atoms with E-state index in [0.717, 1.165) is 28.4 Å². The molecule has 3 heterocycles. The highest BCUT2D eigenvalue weighted by molar-refractivity contribution is 6.63. The van der Waals surface area contributed by atoms with Crippen LogP contribution < -0.4 is 10.9 Å². The molecule has 0 N–H and O–H groups in total. The molecule has 1 aromatic heterocycles. The third-order valence-electron chi connectivity index (χ3n) is 9.98. The molecular weight excluding hydrogens is 484 g/mol. The Balaban J connectivity index is 1.40. The maximum absolute atomic E-state index is 6.42. The largest absolute Gasteiger partial charge is 0.494 e. The first kappa shape index (κ1) is 25.4. The van der Waals surface area contributed by atoms with E-state index in [9.17, 15) is 0 Å². The summed E-state index contributed by atoms with van der Waals surface area (Å²) in [5.41, 5.74) is 6.92.